The number of hydrogen-bond donors (Lipinski definition) is 1. The van der Waals surface area contributed by atoms with Crippen molar-refractivity contribution in [2.45, 2.75) is 51.0 Å². The van der Waals surface area contributed by atoms with Gasteiger partial charge in [-0.15, -0.1) is 0 Å². The summed E-state index contributed by atoms with van der Waals surface area (Å²) in [7, 11) is -3.18. The van der Waals surface area contributed by atoms with Crippen molar-refractivity contribution in [2.75, 3.05) is 19.3 Å². The SMILES string of the molecule is CS(=O)(=O)NC[C@H]1CCCCN1C(=O)C1CCCC1. The maximum absolute atomic E-state index is 12.5. The minimum absolute atomic E-state index is 0.0385. The topological polar surface area (TPSA) is 66.5 Å². The molecule has 0 bridgehead atoms. The molecule has 1 aliphatic carbocycles. The van der Waals surface area contributed by atoms with Gasteiger partial charge in [-0.05, 0) is 32.1 Å². The minimum Gasteiger partial charge on any atom is -0.338 e. The van der Waals surface area contributed by atoms with Crippen molar-refractivity contribution in [1.82, 2.24) is 9.62 Å². The molecule has 0 aromatic heterocycles. The average Bonchev–Trinajstić information content (AvgIpc) is 2.89. The lowest BCUT2D eigenvalue weighted by Gasteiger charge is -2.37. The zero-order valence-electron chi connectivity index (χ0n) is 11.6. The predicted molar refractivity (Wildman–Crippen MR) is 74.2 cm³/mol. The Hall–Kier alpha value is -0.620. The Morgan fingerprint density at radius 1 is 1.16 bits per heavy atom. The van der Waals surface area contributed by atoms with Crippen LogP contribution in [-0.2, 0) is 14.8 Å². The minimum atomic E-state index is -3.18. The molecule has 1 N–H and O–H groups in total. The fourth-order valence-electron chi connectivity index (χ4n) is 3.16. The van der Waals surface area contributed by atoms with Gasteiger partial charge in [0, 0.05) is 25.0 Å². The lowest BCUT2D eigenvalue weighted by atomic mass is 9.98. The second-order valence-electron chi connectivity index (χ2n) is 5.78. The fourth-order valence-corrected chi connectivity index (χ4v) is 3.65. The molecule has 1 saturated carbocycles. The third-order valence-electron chi connectivity index (χ3n) is 4.20. The molecule has 19 heavy (non-hydrogen) atoms. The quantitative estimate of drug-likeness (QED) is 0.842. The van der Waals surface area contributed by atoms with Gasteiger partial charge in [0.15, 0.2) is 0 Å². The molecule has 0 aromatic rings. The van der Waals surface area contributed by atoms with Crippen LogP contribution in [-0.4, -0.2) is 44.6 Å². The summed E-state index contributed by atoms with van der Waals surface area (Å²) < 4.78 is 24.9. The summed E-state index contributed by atoms with van der Waals surface area (Å²) in [6.07, 6.45) is 8.48. The number of sulfonamides is 1. The molecule has 1 aliphatic heterocycles. The molecule has 2 fully saturated rings. The molecule has 110 valence electrons. The van der Waals surface area contributed by atoms with E-state index in [4.69, 9.17) is 0 Å². The molecule has 6 heteroatoms. The number of amides is 1. The molecule has 1 saturated heterocycles. The second-order valence-corrected chi connectivity index (χ2v) is 7.62. The van der Waals surface area contributed by atoms with E-state index < -0.39 is 10.0 Å². The van der Waals surface area contributed by atoms with Crippen molar-refractivity contribution in [3.05, 3.63) is 0 Å². The average molecular weight is 288 g/mol. The van der Waals surface area contributed by atoms with Gasteiger partial charge in [0.2, 0.25) is 15.9 Å². The van der Waals surface area contributed by atoms with E-state index in [2.05, 4.69) is 4.72 Å². The first-order chi connectivity index (χ1) is 8.97. The van der Waals surface area contributed by atoms with E-state index in [0.717, 1.165) is 51.5 Å². The number of likely N-dealkylation sites (tertiary alicyclic amines) is 1. The lowest BCUT2D eigenvalue weighted by Crippen LogP contribution is -2.50. The highest BCUT2D eigenvalue weighted by molar-refractivity contribution is 7.88. The number of piperidine rings is 1. The van der Waals surface area contributed by atoms with Crippen molar-refractivity contribution in [3.63, 3.8) is 0 Å². The predicted octanol–water partition coefficient (Wildman–Crippen LogP) is 1.11. The molecule has 1 atom stereocenters. The third-order valence-corrected chi connectivity index (χ3v) is 4.89. The molecular weight excluding hydrogens is 264 g/mol. The van der Waals surface area contributed by atoms with E-state index in [-0.39, 0.29) is 17.9 Å². The van der Waals surface area contributed by atoms with Gasteiger partial charge in [-0.25, -0.2) is 13.1 Å². The van der Waals surface area contributed by atoms with Crippen LogP contribution in [0.5, 0.6) is 0 Å². The van der Waals surface area contributed by atoms with Gasteiger partial charge in [0.1, 0.15) is 0 Å². The van der Waals surface area contributed by atoms with Crippen LogP contribution in [0.25, 0.3) is 0 Å². The van der Waals surface area contributed by atoms with Crippen LogP contribution < -0.4 is 4.72 Å². The molecule has 2 rings (SSSR count). The highest BCUT2D eigenvalue weighted by Crippen LogP contribution is 2.29. The first-order valence-electron chi connectivity index (χ1n) is 7.22. The van der Waals surface area contributed by atoms with Crippen molar-refractivity contribution in [1.29, 1.82) is 0 Å². The largest absolute Gasteiger partial charge is 0.338 e. The summed E-state index contributed by atoms with van der Waals surface area (Å²) in [5.74, 6) is 0.427. The fraction of sp³-hybridized carbons (Fsp3) is 0.923. The number of rotatable bonds is 4. The Morgan fingerprint density at radius 3 is 2.42 bits per heavy atom. The standard InChI is InChI=1S/C13H24N2O3S/c1-19(17,18)14-10-12-8-4-5-9-15(12)13(16)11-6-2-3-7-11/h11-12,14H,2-10H2,1H3/t12-/m1/s1. The molecule has 0 radical (unpaired) electrons. The maximum atomic E-state index is 12.5. The van der Waals surface area contributed by atoms with E-state index in [9.17, 15) is 13.2 Å². The summed E-state index contributed by atoms with van der Waals surface area (Å²) in [5, 5.41) is 0. The van der Waals surface area contributed by atoms with E-state index in [1.807, 2.05) is 4.90 Å². The normalized spacial score (nSPS) is 25.7. The molecule has 0 spiro atoms. The van der Waals surface area contributed by atoms with Crippen molar-refractivity contribution < 1.29 is 13.2 Å². The number of nitrogens with one attached hydrogen (secondary N) is 1. The van der Waals surface area contributed by atoms with Crippen LogP contribution in [0.1, 0.15) is 44.9 Å². The zero-order valence-corrected chi connectivity index (χ0v) is 12.4. The van der Waals surface area contributed by atoms with Crippen molar-refractivity contribution >= 4 is 15.9 Å². The van der Waals surface area contributed by atoms with Gasteiger partial charge < -0.3 is 4.90 Å². The van der Waals surface area contributed by atoms with E-state index >= 15 is 0 Å². The summed E-state index contributed by atoms with van der Waals surface area (Å²) in [5.41, 5.74) is 0. The summed E-state index contributed by atoms with van der Waals surface area (Å²) >= 11 is 0. The van der Waals surface area contributed by atoms with Crippen LogP contribution >= 0.6 is 0 Å². The highest BCUT2D eigenvalue weighted by Gasteiger charge is 2.32. The van der Waals surface area contributed by atoms with E-state index in [1.165, 1.54) is 6.26 Å². The van der Waals surface area contributed by atoms with Crippen molar-refractivity contribution in [3.8, 4) is 0 Å². The van der Waals surface area contributed by atoms with Crippen LogP contribution in [0.2, 0.25) is 0 Å². The Bertz CT molecular complexity index is 416. The molecule has 1 amide bonds. The lowest BCUT2D eigenvalue weighted by molar-refractivity contribution is -0.138. The summed E-state index contributed by atoms with van der Waals surface area (Å²) in [6, 6.07) is 0.0385. The first kappa shape index (κ1) is 14.8. The van der Waals surface area contributed by atoms with Gasteiger partial charge in [-0.2, -0.15) is 0 Å². The molecular formula is C13H24N2O3S. The first-order valence-corrected chi connectivity index (χ1v) is 9.11. The highest BCUT2D eigenvalue weighted by atomic mass is 32.2. The number of carbonyl (C=O) groups excluding carboxylic acids is 1. The maximum Gasteiger partial charge on any atom is 0.225 e. The second kappa shape index (κ2) is 6.22. The molecule has 2 aliphatic rings. The Morgan fingerprint density at radius 2 is 1.79 bits per heavy atom. The van der Waals surface area contributed by atoms with E-state index in [0.29, 0.717) is 6.54 Å². The molecule has 0 aromatic carbocycles. The van der Waals surface area contributed by atoms with Crippen molar-refractivity contribution in [2.24, 2.45) is 5.92 Å². The van der Waals surface area contributed by atoms with Gasteiger partial charge >= 0.3 is 0 Å². The number of hydrogen-bond acceptors (Lipinski definition) is 3. The van der Waals surface area contributed by atoms with E-state index in [1.54, 1.807) is 0 Å². The van der Waals surface area contributed by atoms with Crippen LogP contribution in [0.3, 0.4) is 0 Å². The van der Waals surface area contributed by atoms with Gasteiger partial charge in [-0.1, -0.05) is 12.8 Å². The molecule has 1 heterocycles. The van der Waals surface area contributed by atoms with Crippen LogP contribution in [0, 0.1) is 5.92 Å². The third kappa shape index (κ3) is 4.18. The van der Waals surface area contributed by atoms with Gasteiger partial charge in [-0.3, -0.25) is 4.79 Å². The summed E-state index contributed by atoms with van der Waals surface area (Å²) in [6.45, 7) is 1.14. The smallest absolute Gasteiger partial charge is 0.225 e. The number of nitrogens with zero attached hydrogens (tertiary/aromatic N) is 1. The number of carbonyl (C=O) groups is 1. The van der Waals surface area contributed by atoms with Crippen LogP contribution in [0.15, 0.2) is 0 Å². The Kier molecular flexibility index (Phi) is 4.84. The van der Waals surface area contributed by atoms with Gasteiger partial charge in [0.05, 0.1) is 6.26 Å². The molecule has 0 unspecified atom stereocenters. The monoisotopic (exact) mass is 288 g/mol. The molecule has 5 nitrogen and oxygen atoms in total. The zero-order chi connectivity index (χ0) is 13.9. The Labute approximate surface area is 115 Å². The van der Waals surface area contributed by atoms with Crippen LogP contribution in [0.4, 0.5) is 0 Å². The van der Waals surface area contributed by atoms with Gasteiger partial charge in [0.25, 0.3) is 0 Å². The Balaban J connectivity index is 1.96. The summed E-state index contributed by atoms with van der Waals surface area (Å²) in [4.78, 5) is 14.4.